The minimum Gasteiger partial charge on any atom is -0.315 e. The Kier molecular flexibility index (Phi) is 5.50. The van der Waals surface area contributed by atoms with E-state index >= 15 is 0 Å². The number of nitrogens with zero attached hydrogens (tertiary/aromatic N) is 1. The van der Waals surface area contributed by atoms with Crippen LogP contribution in [0.15, 0.2) is 0 Å². The van der Waals surface area contributed by atoms with Crippen molar-refractivity contribution in [2.75, 3.05) is 13.6 Å². The standard InChI is InChI=1S/C16H32N2/c1-4-8-14(17-3)15(5-2)18-12-7-10-13-9-6-11-16(13)18/h13-17H,4-12H2,1-3H3. The lowest BCUT2D eigenvalue weighted by atomic mass is 9.88. The van der Waals surface area contributed by atoms with Gasteiger partial charge in [-0.1, -0.05) is 26.7 Å². The maximum Gasteiger partial charge on any atom is 0.0249 e. The maximum absolute atomic E-state index is 3.59. The summed E-state index contributed by atoms with van der Waals surface area (Å²) in [6.07, 6.45) is 11.3. The van der Waals surface area contributed by atoms with Gasteiger partial charge in [0.15, 0.2) is 0 Å². The maximum atomic E-state index is 3.59. The van der Waals surface area contributed by atoms with Crippen LogP contribution < -0.4 is 5.32 Å². The van der Waals surface area contributed by atoms with Gasteiger partial charge in [0.2, 0.25) is 0 Å². The molecular weight excluding hydrogens is 220 g/mol. The second-order valence-electron chi connectivity index (χ2n) is 6.30. The molecule has 4 atom stereocenters. The van der Waals surface area contributed by atoms with E-state index in [0.29, 0.717) is 6.04 Å². The van der Waals surface area contributed by atoms with E-state index in [0.717, 1.165) is 18.0 Å². The minimum absolute atomic E-state index is 0.694. The largest absolute Gasteiger partial charge is 0.315 e. The average molecular weight is 252 g/mol. The molecule has 0 radical (unpaired) electrons. The van der Waals surface area contributed by atoms with E-state index in [-0.39, 0.29) is 0 Å². The lowest BCUT2D eigenvalue weighted by molar-refractivity contribution is 0.0462. The first-order valence-electron chi connectivity index (χ1n) is 8.24. The first-order chi connectivity index (χ1) is 8.81. The van der Waals surface area contributed by atoms with Crippen LogP contribution in [-0.2, 0) is 0 Å². The first-order valence-corrected chi connectivity index (χ1v) is 8.24. The fourth-order valence-corrected chi connectivity index (χ4v) is 4.49. The molecule has 1 saturated heterocycles. The van der Waals surface area contributed by atoms with Crippen LogP contribution in [0.2, 0.25) is 0 Å². The Bertz CT molecular complexity index is 241. The summed E-state index contributed by atoms with van der Waals surface area (Å²) >= 11 is 0. The third-order valence-electron chi connectivity index (χ3n) is 5.32. The van der Waals surface area contributed by atoms with E-state index in [1.54, 1.807) is 0 Å². The van der Waals surface area contributed by atoms with Crippen LogP contribution >= 0.6 is 0 Å². The highest BCUT2D eigenvalue weighted by Gasteiger charge is 2.39. The van der Waals surface area contributed by atoms with Crippen LogP contribution in [0, 0.1) is 5.92 Å². The number of hydrogen-bond acceptors (Lipinski definition) is 2. The first kappa shape index (κ1) is 14.3. The highest BCUT2D eigenvalue weighted by Crippen LogP contribution is 2.38. The smallest absolute Gasteiger partial charge is 0.0249 e. The van der Waals surface area contributed by atoms with Crippen molar-refractivity contribution >= 4 is 0 Å². The SMILES string of the molecule is CCCC(NC)C(CC)N1CCCC2CCCC21. The molecule has 1 saturated carbocycles. The summed E-state index contributed by atoms with van der Waals surface area (Å²) in [5.41, 5.74) is 0. The highest BCUT2D eigenvalue weighted by molar-refractivity contribution is 4.95. The summed E-state index contributed by atoms with van der Waals surface area (Å²) < 4.78 is 0. The zero-order chi connectivity index (χ0) is 13.0. The molecule has 1 heterocycles. The molecule has 0 aromatic heterocycles. The molecule has 1 N–H and O–H groups in total. The van der Waals surface area contributed by atoms with E-state index in [4.69, 9.17) is 0 Å². The molecule has 18 heavy (non-hydrogen) atoms. The molecule has 0 aromatic carbocycles. The second-order valence-corrected chi connectivity index (χ2v) is 6.30. The lowest BCUT2D eigenvalue weighted by Gasteiger charge is -2.45. The van der Waals surface area contributed by atoms with Gasteiger partial charge in [-0.25, -0.2) is 0 Å². The zero-order valence-electron chi connectivity index (χ0n) is 12.6. The zero-order valence-corrected chi connectivity index (χ0v) is 12.6. The Hall–Kier alpha value is -0.0800. The molecule has 2 heteroatoms. The van der Waals surface area contributed by atoms with Gasteiger partial charge in [-0.3, -0.25) is 4.90 Å². The van der Waals surface area contributed by atoms with Crippen molar-refractivity contribution in [1.82, 2.24) is 10.2 Å². The van der Waals surface area contributed by atoms with E-state index in [1.165, 1.54) is 57.9 Å². The molecule has 0 amide bonds. The summed E-state index contributed by atoms with van der Waals surface area (Å²) in [5.74, 6) is 1.02. The number of likely N-dealkylation sites (N-methyl/N-ethyl adjacent to an activating group) is 1. The molecule has 1 aliphatic carbocycles. The van der Waals surface area contributed by atoms with Crippen LogP contribution in [-0.4, -0.2) is 36.6 Å². The van der Waals surface area contributed by atoms with Crippen molar-refractivity contribution in [2.24, 2.45) is 5.92 Å². The number of likely N-dealkylation sites (tertiary alicyclic amines) is 1. The van der Waals surface area contributed by atoms with Crippen molar-refractivity contribution < 1.29 is 0 Å². The number of hydrogen-bond donors (Lipinski definition) is 1. The van der Waals surface area contributed by atoms with E-state index in [1.807, 2.05) is 0 Å². The summed E-state index contributed by atoms with van der Waals surface area (Å²) in [7, 11) is 2.15. The van der Waals surface area contributed by atoms with Gasteiger partial charge >= 0.3 is 0 Å². The van der Waals surface area contributed by atoms with E-state index < -0.39 is 0 Å². The van der Waals surface area contributed by atoms with Gasteiger partial charge in [0.05, 0.1) is 0 Å². The topological polar surface area (TPSA) is 15.3 Å². The molecule has 2 aliphatic rings. The summed E-state index contributed by atoms with van der Waals surface area (Å²) in [5, 5.41) is 3.59. The number of rotatable bonds is 6. The Morgan fingerprint density at radius 3 is 2.61 bits per heavy atom. The van der Waals surface area contributed by atoms with Gasteiger partial charge in [-0.2, -0.15) is 0 Å². The Morgan fingerprint density at radius 1 is 1.17 bits per heavy atom. The van der Waals surface area contributed by atoms with Gasteiger partial charge in [-0.05, 0) is 58.0 Å². The molecule has 106 valence electrons. The van der Waals surface area contributed by atoms with Gasteiger partial charge < -0.3 is 5.32 Å². The van der Waals surface area contributed by atoms with Crippen molar-refractivity contribution in [1.29, 1.82) is 0 Å². The molecule has 2 nitrogen and oxygen atoms in total. The highest BCUT2D eigenvalue weighted by atomic mass is 15.2. The second kappa shape index (κ2) is 6.91. The van der Waals surface area contributed by atoms with Gasteiger partial charge in [0.1, 0.15) is 0 Å². The van der Waals surface area contributed by atoms with Gasteiger partial charge in [0.25, 0.3) is 0 Å². The van der Waals surface area contributed by atoms with Crippen molar-refractivity contribution in [3.8, 4) is 0 Å². The van der Waals surface area contributed by atoms with Crippen LogP contribution in [0.4, 0.5) is 0 Å². The molecule has 0 aromatic rings. The summed E-state index contributed by atoms with van der Waals surface area (Å²) in [6.45, 7) is 6.04. The van der Waals surface area contributed by atoms with Gasteiger partial charge in [-0.15, -0.1) is 0 Å². The number of fused-ring (bicyclic) bond motifs is 1. The molecule has 2 fully saturated rings. The molecule has 0 spiro atoms. The molecule has 1 aliphatic heterocycles. The minimum atomic E-state index is 0.694. The lowest BCUT2D eigenvalue weighted by Crippen LogP contribution is -2.55. The number of nitrogens with one attached hydrogen (secondary N) is 1. The molecule has 2 rings (SSSR count). The Balaban J connectivity index is 2.05. The quantitative estimate of drug-likeness (QED) is 0.779. The van der Waals surface area contributed by atoms with Crippen LogP contribution in [0.1, 0.15) is 65.2 Å². The molecule has 4 unspecified atom stereocenters. The van der Waals surface area contributed by atoms with Crippen molar-refractivity contribution in [3.63, 3.8) is 0 Å². The van der Waals surface area contributed by atoms with Crippen molar-refractivity contribution in [2.45, 2.75) is 83.3 Å². The van der Waals surface area contributed by atoms with Gasteiger partial charge in [0, 0.05) is 18.1 Å². The Morgan fingerprint density at radius 2 is 1.94 bits per heavy atom. The molecule has 0 bridgehead atoms. The summed E-state index contributed by atoms with van der Waals surface area (Å²) in [4.78, 5) is 2.89. The summed E-state index contributed by atoms with van der Waals surface area (Å²) in [6, 6.07) is 2.37. The predicted octanol–water partition coefficient (Wildman–Crippen LogP) is 3.42. The van der Waals surface area contributed by atoms with Crippen molar-refractivity contribution in [3.05, 3.63) is 0 Å². The normalized spacial score (nSPS) is 32.2. The van der Waals surface area contributed by atoms with E-state index in [9.17, 15) is 0 Å². The number of piperidine rings is 1. The third kappa shape index (κ3) is 2.91. The third-order valence-corrected chi connectivity index (χ3v) is 5.32. The Labute approximate surface area is 114 Å². The fourth-order valence-electron chi connectivity index (χ4n) is 4.49. The van der Waals surface area contributed by atoms with E-state index in [2.05, 4.69) is 31.1 Å². The van der Waals surface area contributed by atoms with Crippen LogP contribution in [0.25, 0.3) is 0 Å². The monoisotopic (exact) mass is 252 g/mol. The molecular formula is C16H32N2. The van der Waals surface area contributed by atoms with Crippen LogP contribution in [0.3, 0.4) is 0 Å². The van der Waals surface area contributed by atoms with Crippen LogP contribution in [0.5, 0.6) is 0 Å². The average Bonchev–Trinajstić information content (AvgIpc) is 2.87. The fraction of sp³-hybridized carbons (Fsp3) is 1.00. The predicted molar refractivity (Wildman–Crippen MR) is 78.9 cm³/mol.